The summed E-state index contributed by atoms with van der Waals surface area (Å²) in [6.07, 6.45) is 5.73. The van der Waals surface area contributed by atoms with Crippen molar-refractivity contribution in [3.63, 3.8) is 0 Å². The number of ether oxygens (including phenoxy) is 1. The third kappa shape index (κ3) is 2.88. The molecule has 3 nitrogen and oxygen atoms in total. The molecule has 0 bridgehead atoms. The minimum absolute atomic E-state index is 0.866. The molecule has 0 atom stereocenters. The number of hydrogen-bond donors (Lipinski definition) is 0. The highest BCUT2D eigenvalue weighted by atomic mass is 79.9. The Bertz CT molecular complexity index is 508. The average Bonchev–Trinajstić information content (AvgIpc) is 2.72. The van der Waals surface area contributed by atoms with Gasteiger partial charge in [0.25, 0.3) is 0 Å². The van der Waals surface area contributed by atoms with Crippen LogP contribution in [0.2, 0.25) is 0 Å². The molecule has 0 aliphatic rings. The molecule has 0 fully saturated rings. The quantitative estimate of drug-likeness (QED) is 0.867. The Morgan fingerprint density at radius 1 is 1.35 bits per heavy atom. The van der Waals surface area contributed by atoms with E-state index in [1.54, 1.807) is 7.11 Å². The van der Waals surface area contributed by atoms with Gasteiger partial charge >= 0.3 is 0 Å². The monoisotopic (exact) mass is 294 g/mol. The minimum atomic E-state index is 0.866. The molecule has 1 aromatic heterocycles. The van der Waals surface area contributed by atoms with Gasteiger partial charge < -0.3 is 9.30 Å². The number of rotatable bonds is 4. The molecule has 2 aromatic rings. The lowest BCUT2D eigenvalue weighted by Crippen LogP contribution is -2.00. The summed E-state index contributed by atoms with van der Waals surface area (Å²) >= 11 is 3.49. The second kappa shape index (κ2) is 5.36. The maximum absolute atomic E-state index is 5.21. The smallest absolute Gasteiger partial charge is 0.133 e. The van der Waals surface area contributed by atoms with Gasteiger partial charge in [0.15, 0.2) is 0 Å². The van der Waals surface area contributed by atoms with Gasteiger partial charge in [-0.15, -0.1) is 0 Å². The number of aryl methyl sites for hydroxylation is 3. The number of methoxy groups -OCH3 is 1. The van der Waals surface area contributed by atoms with Crippen molar-refractivity contribution in [1.82, 2.24) is 9.55 Å². The fraction of sp³-hybridized carbons (Fsp3) is 0.308. The summed E-state index contributed by atoms with van der Waals surface area (Å²) in [7, 11) is 3.69. The van der Waals surface area contributed by atoms with E-state index in [1.165, 1.54) is 5.56 Å². The Balaban J connectivity index is 2.05. The van der Waals surface area contributed by atoms with Crippen molar-refractivity contribution in [2.45, 2.75) is 12.8 Å². The zero-order chi connectivity index (χ0) is 12.3. The molecular formula is C13H15BrN2O. The maximum atomic E-state index is 5.21. The van der Waals surface area contributed by atoms with Gasteiger partial charge in [-0.25, -0.2) is 4.98 Å². The molecule has 1 heterocycles. The third-order valence-corrected chi connectivity index (χ3v) is 3.39. The molecule has 0 radical (unpaired) electrons. The molecule has 0 saturated carbocycles. The lowest BCUT2D eigenvalue weighted by molar-refractivity contribution is 0.412. The molecule has 0 unspecified atom stereocenters. The topological polar surface area (TPSA) is 27.1 Å². The van der Waals surface area contributed by atoms with Gasteiger partial charge in [0.2, 0.25) is 0 Å². The molecular weight excluding hydrogens is 280 g/mol. The molecule has 0 amide bonds. The predicted molar refractivity (Wildman–Crippen MR) is 71.3 cm³/mol. The third-order valence-electron chi connectivity index (χ3n) is 2.77. The van der Waals surface area contributed by atoms with Crippen molar-refractivity contribution in [3.05, 3.63) is 46.5 Å². The lowest BCUT2D eigenvalue weighted by Gasteiger charge is -2.06. The fourth-order valence-corrected chi connectivity index (χ4v) is 2.35. The summed E-state index contributed by atoms with van der Waals surface area (Å²) in [5.41, 5.74) is 1.28. The van der Waals surface area contributed by atoms with E-state index < -0.39 is 0 Å². The summed E-state index contributed by atoms with van der Waals surface area (Å²) < 4.78 is 8.26. The Labute approximate surface area is 110 Å². The predicted octanol–water partition coefficient (Wildman–Crippen LogP) is 2.98. The number of benzene rings is 1. The molecule has 2 rings (SSSR count). The first kappa shape index (κ1) is 12.2. The molecule has 17 heavy (non-hydrogen) atoms. The van der Waals surface area contributed by atoms with E-state index in [0.29, 0.717) is 0 Å². The number of hydrogen-bond acceptors (Lipinski definition) is 2. The van der Waals surface area contributed by atoms with Crippen LogP contribution in [0.1, 0.15) is 11.4 Å². The van der Waals surface area contributed by atoms with Gasteiger partial charge in [0, 0.05) is 25.9 Å². The van der Waals surface area contributed by atoms with Crippen LogP contribution in [0.25, 0.3) is 0 Å². The first-order valence-electron chi connectivity index (χ1n) is 5.49. The van der Waals surface area contributed by atoms with Crippen LogP contribution in [0, 0.1) is 0 Å². The van der Waals surface area contributed by atoms with Crippen molar-refractivity contribution >= 4 is 15.9 Å². The summed E-state index contributed by atoms with van der Waals surface area (Å²) in [5.74, 6) is 1.97. The standard InChI is InChI=1S/C13H15BrN2O/c1-16-8-7-15-13(16)6-4-10-3-5-12(17-2)11(14)9-10/h3,5,7-9H,4,6H2,1-2H3. The van der Waals surface area contributed by atoms with E-state index in [2.05, 4.69) is 37.6 Å². The highest BCUT2D eigenvalue weighted by Crippen LogP contribution is 2.25. The van der Waals surface area contributed by atoms with Crippen LogP contribution in [0.3, 0.4) is 0 Å². The van der Waals surface area contributed by atoms with Gasteiger partial charge in [-0.1, -0.05) is 6.07 Å². The molecule has 0 saturated heterocycles. The Kier molecular flexibility index (Phi) is 3.84. The summed E-state index contributed by atoms with van der Waals surface area (Å²) in [6.45, 7) is 0. The van der Waals surface area contributed by atoms with Crippen LogP contribution in [-0.2, 0) is 19.9 Å². The van der Waals surface area contributed by atoms with Crippen LogP contribution in [0.4, 0.5) is 0 Å². The largest absolute Gasteiger partial charge is 0.496 e. The van der Waals surface area contributed by atoms with E-state index in [-0.39, 0.29) is 0 Å². The Morgan fingerprint density at radius 3 is 2.76 bits per heavy atom. The lowest BCUT2D eigenvalue weighted by atomic mass is 10.1. The van der Waals surface area contributed by atoms with Crippen LogP contribution in [0.5, 0.6) is 5.75 Å². The molecule has 0 aliphatic carbocycles. The number of halogens is 1. The van der Waals surface area contributed by atoms with Crippen LogP contribution in [0.15, 0.2) is 35.1 Å². The molecule has 0 spiro atoms. The van der Waals surface area contributed by atoms with Gasteiger partial charge in [-0.3, -0.25) is 0 Å². The normalized spacial score (nSPS) is 10.5. The zero-order valence-electron chi connectivity index (χ0n) is 9.98. The fourth-order valence-electron chi connectivity index (χ4n) is 1.76. The SMILES string of the molecule is COc1ccc(CCc2nccn2C)cc1Br. The van der Waals surface area contributed by atoms with E-state index >= 15 is 0 Å². The molecule has 0 aliphatic heterocycles. The van der Waals surface area contributed by atoms with E-state index in [9.17, 15) is 0 Å². The van der Waals surface area contributed by atoms with E-state index in [1.807, 2.05) is 25.5 Å². The van der Waals surface area contributed by atoms with Crippen molar-refractivity contribution in [2.75, 3.05) is 7.11 Å². The number of imidazole rings is 1. The van der Waals surface area contributed by atoms with E-state index in [0.717, 1.165) is 28.9 Å². The molecule has 4 heteroatoms. The van der Waals surface area contributed by atoms with E-state index in [4.69, 9.17) is 4.74 Å². The second-order valence-corrected chi connectivity index (χ2v) is 4.78. The molecule has 0 N–H and O–H groups in total. The van der Waals surface area contributed by atoms with Crippen LogP contribution < -0.4 is 4.74 Å². The number of nitrogens with zero attached hydrogens (tertiary/aromatic N) is 2. The van der Waals surface area contributed by atoms with Crippen molar-refractivity contribution in [2.24, 2.45) is 7.05 Å². The van der Waals surface area contributed by atoms with Crippen LogP contribution >= 0.6 is 15.9 Å². The number of aromatic nitrogens is 2. The first-order chi connectivity index (χ1) is 8.20. The van der Waals surface area contributed by atoms with Crippen molar-refractivity contribution in [1.29, 1.82) is 0 Å². The highest BCUT2D eigenvalue weighted by molar-refractivity contribution is 9.10. The van der Waals surface area contributed by atoms with Crippen molar-refractivity contribution < 1.29 is 4.74 Å². The van der Waals surface area contributed by atoms with Gasteiger partial charge in [0.05, 0.1) is 11.6 Å². The van der Waals surface area contributed by atoms with Crippen LogP contribution in [-0.4, -0.2) is 16.7 Å². The van der Waals surface area contributed by atoms with Crippen molar-refractivity contribution in [3.8, 4) is 5.75 Å². The van der Waals surface area contributed by atoms with Gasteiger partial charge in [-0.2, -0.15) is 0 Å². The van der Waals surface area contributed by atoms with Gasteiger partial charge in [-0.05, 0) is 40.0 Å². The molecule has 1 aromatic carbocycles. The minimum Gasteiger partial charge on any atom is -0.496 e. The Morgan fingerprint density at radius 2 is 2.18 bits per heavy atom. The zero-order valence-corrected chi connectivity index (χ0v) is 11.6. The highest BCUT2D eigenvalue weighted by Gasteiger charge is 2.03. The average molecular weight is 295 g/mol. The maximum Gasteiger partial charge on any atom is 0.133 e. The summed E-state index contributed by atoms with van der Waals surface area (Å²) in [6, 6.07) is 6.17. The first-order valence-corrected chi connectivity index (χ1v) is 6.28. The summed E-state index contributed by atoms with van der Waals surface area (Å²) in [5, 5.41) is 0. The summed E-state index contributed by atoms with van der Waals surface area (Å²) in [4.78, 5) is 4.31. The second-order valence-electron chi connectivity index (χ2n) is 3.92. The Hall–Kier alpha value is -1.29. The molecule has 90 valence electrons. The van der Waals surface area contributed by atoms with Gasteiger partial charge in [0.1, 0.15) is 11.6 Å².